The van der Waals surface area contributed by atoms with Crippen molar-refractivity contribution in [3.8, 4) is 0 Å². The van der Waals surface area contributed by atoms with Crippen LogP contribution in [-0.4, -0.2) is 28.5 Å². The van der Waals surface area contributed by atoms with E-state index in [1.165, 1.54) is 0 Å². The molecule has 0 saturated carbocycles. The molecule has 0 unspecified atom stereocenters. The Labute approximate surface area is 142 Å². The van der Waals surface area contributed by atoms with Crippen molar-refractivity contribution >= 4 is 28.4 Å². The second-order valence-corrected chi connectivity index (χ2v) is 5.98. The Morgan fingerprint density at radius 3 is 2.79 bits per heavy atom. The van der Waals surface area contributed by atoms with Crippen LogP contribution in [0.2, 0.25) is 0 Å². The molecule has 124 valence electrons. The third-order valence-corrected chi connectivity index (χ3v) is 3.93. The number of nitrogens with zero attached hydrogens (tertiary/aromatic N) is 4. The number of hydrogen-bond acceptors (Lipinski definition) is 5. The van der Waals surface area contributed by atoms with Crippen molar-refractivity contribution in [2.24, 2.45) is 0 Å². The van der Waals surface area contributed by atoms with Gasteiger partial charge < -0.3 is 10.2 Å². The van der Waals surface area contributed by atoms with Gasteiger partial charge >= 0.3 is 0 Å². The Bertz CT molecular complexity index is 826. The molecule has 0 radical (unpaired) electrons. The van der Waals surface area contributed by atoms with E-state index in [4.69, 9.17) is 0 Å². The van der Waals surface area contributed by atoms with Crippen molar-refractivity contribution in [2.45, 2.75) is 26.7 Å². The van der Waals surface area contributed by atoms with Gasteiger partial charge in [0, 0.05) is 36.9 Å². The number of nitrogens with one attached hydrogen (secondary N) is 1. The molecule has 0 fully saturated rings. The quantitative estimate of drug-likeness (QED) is 0.733. The van der Waals surface area contributed by atoms with Gasteiger partial charge in [-0.25, -0.2) is 4.98 Å². The Hall–Kier alpha value is -2.69. The van der Waals surface area contributed by atoms with Crippen LogP contribution in [0.1, 0.15) is 25.5 Å². The van der Waals surface area contributed by atoms with E-state index in [2.05, 4.69) is 44.2 Å². The third-order valence-electron chi connectivity index (χ3n) is 3.93. The van der Waals surface area contributed by atoms with Gasteiger partial charge in [-0.1, -0.05) is 31.5 Å². The molecular weight excluding hydrogens is 298 g/mol. The van der Waals surface area contributed by atoms with Gasteiger partial charge in [0.2, 0.25) is 5.95 Å². The van der Waals surface area contributed by atoms with E-state index in [-0.39, 0.29) is 0 Å². The number of pyridine rings is 1. The van der Waals surface area contributed by atoms with E-state index in [9.17, 15) is 0 Å². The summed E-state index contributed by atoms with van der Waals surface area (Å²) in [4.78, 5) is 15.8. The highest BCUT2D eigenvalue weighted by Crippen LogP contribution is 2.24. The zero-order chi connectivity index (χ0) is 16.9. The first-order valence-corrected chi connectivity index (χ1v) is 8.35. The van der Waals surface area contributed by atoms with Crippen LogP contribution in [0.4, 0.5) is 17.5 Å². The standard InChI is InChI=1S/C19H23N5/c1-4-5-12-24(3)19-21-14(2)13-17(23-19)22-16-10-6-8-15-9-7-11-20-18(15)16/h6-11,13H,4-5,12H2,1-3H3,(H,21,22,23). The molecule has 0 atom stereocenters. The highest BCUT2D eigenvalue weighted by Gasteiger charge is 2.09. The molecule has 0 aliphatic rings. The number of rotatable bonds is 6. The molecule has 5 nitrogen and oxygen atoms in total. The average molecular weight is 321 g/mol. The van der Waals surface area contributed by atoms with E-state index < -0.39 is 0 Å². The van der Waals surface area contributed by atoms with Crippen LogP contribution in [-0.2, 0) is 0 Å². The smallest absolute Gasteiger partial charge is 0.227 e. The molecule has 3 aromatic rings. The lowest BCUT2D eigenvalue weighted by Crippen LogP contribution is -2.21. The third kappa shape index (κ3) is 3.62. The Morgan fingerprint density at radius 1 is 1.12 bits per heavy atom. The van der Waals surface area contributed by atoms with Gasteiger partial charge in [-0.3, -0.25) is 4.98 Å². The number of unbranched alkanes of at least 4 members (excludes halogenated alkanes) is 1. The molecule has 2 aromatic heterocycles. The molecule has 1 N–H and O–H groups in total. The van der Waals surface area contributed by atoms with E-state index in [0.717, 1.165) is 53.4 Å². The SMILES string of the molecule is CCCCN(C)c1nc(C)cc(Nc2cccc3cccnc23)n1. The lowest BCUT2D eigenvalue weighted by molar-refractivity contribution is 0.749. The number of fused-ring (bicyclic) bond motifs is 1. The number of anilines is 3. The molecule has 1 aromatic carbocycles. The van der Waals surface area contributed by atoms with Crippen LogP contribution in [0, 0.1) is 6.92 Å². The fraction of sp³-hybridized carbons (Fsp3) is 0.316. The maximum absolute atomic E-state index is 4.66. The van der Waals surface area contributed by atoms with E-state index in [0.29, 0.717) is 0 Å². The molecule has 2 heterocycles. The molecular formula is C19H23N5. The topological polar surface area (TPSA) is 53.9 Å². The first kappa shape index (κ1) is 16.2. The number of benzene rings is 1. The van der Waals surface area contributed by atoms with Crippen molar-refractivity contribution < 1.29 is 0 Å². The van der Waals surface area contributed by atoms with Gasteiger partial charge in [0.15, 0.2) is 0 Å². The molecule has 0 aliphatic heterocycles. The highest BCUT2D eigenvalue weighted by molar-refractivity contribution is 5.91. The fourth-order valence-corrected chi connectivity index (χ4v) is 2.63. The summed E-state index contributed by atoms with van der Waals surface area (Å²) in [7, 11) is 2.04. The van der Waals surface area contributed by atoms with Crippen LogP contribution >= 0.6 is 0 Å². The number of aromatic nitrogens is 3. The van der Waals surface area contributed by atoms with Crippen molar-refractivity contribution in [2.75, 3.05) is 23.8 Å². The highest BCUT2D eigenvalue weighted by atomic mass is 15.2. The molecule has 24 heavy (non-hydrogen) atoms. The zero-order valence-electron chi connectivity index (χ0n) is 14.5. The van der Waals surface area contributed by atoms with Gasteiger partial charge in [0.1, 0.15) is 5.82 Å². The number of para-hydroxylation sites is 1. The molecule has 3 rings (SSSR count). The van der Waals surface area contributed by atoms with E-state index in [1.807, 2.05) is 44.4 Å². The Morgan fingerprint density at radius 2 is 1.96 bits per heavy atom. The minimum absolute atomic E-state index is 0.749. The van der Waals surface area contributed by atoms with Crippen molar-refractivity contribution in [3.05, 3.63) is 48.3 Å². The predicted octanol–water partition coefficient (Wildman–Crippen LogP) is 4.31. The number of aryl methyl sites for hydroxylation is 1. The maximum atomic E-state index is 4.66. The Kier molecular flexibility index (Phi) is 4.89. The van der Waals surface area contributed by atoms with Crippen LogP contribution < -0.4 is 10.2 Å². The fourth-order valence-electron chi connectivity index (χ4n) is 2.63. The van der Waals surface area contributed by atoms with Gasteiger partial charge in [-0.2, -0.15) is 4.98 Å². The second-order valence-electron chi connectivity index (χ2n) is 5.98. The summed E-state index contributed by atoms with van der Waals surface area (Å²) in [6, 6.07) is 12.1. The molecule has 0 amide bonds. The van der Waals surface area contributed by atoms with Crippen molar-refractivity contribution in [1.29, 1.82) is 0 Å². The van der Waals surface area contributed by atoms with Gasteiger partial charge in [0.05, 0.1) is 11.2 Å². The normalized spacial score (nSPS) is 10.8. The average Bonchev–Trinajstić information content (AvgIpc) is 2.59. The van der Waals surface area contributed by atoms with Crippen LogP contribution in [0.5, 0.6) is 0 Å². The van der Waals surface area contributed by atoms with Gasteiger partial charge in [0.25, 0.3) is 0 Å². The van der Waals surface area contributed by atoms with Crippen LogP contribution in [0.15, 0.2) is 42.6 Å². The summed E-state index contributed by atoms with van der Waals surface area (Å²) in [6.07, 6.45) is 4.09. The van der Waals surface area contributed by atoms with E-state index >= 15 is 0 Å². The van der Waals surface area contributed by atoms with Crippen molar-refractivity contribution in [3.63, 3.8) is 0 Å². The Balaban J connectivity index is 1.90. The first-order chi connectivity index (χ1) is 11.7. The zero-order valence-corrected chi connectivity index (χ0v) is 14.5. The minimum atomic E-state index is 0.749. The van der Waals surface area contributed by atoms with Crippen LogP contribution in [0.3, 0.4) is 0 Å². The molecule has 5 heteroatoms. The first-order valence-electron chi connectivity index (χ1n) is 8.35. The molecule has 0 bridgehead atoms. The van der Waals surface area contributed by atoms with Crippen molar-refractivity contribution in [1.82, 2.24) is 15.0 Å². The predicted molar refractivity (Wildman–Crippen MR) is 100.0 cm³/mol. The van der Waals surface area contributed by atoms with Gasteiger partial charge in [-0.15, -0.1) is 0 Å². The lowest BCUT2D eigenvalue weighted by atomic mass is 10.2. The molecule has 0 aliphatic carbocycles. The summed E-state index contributed by atoms with van der Waals surface area (Å²) in [5, 5.41) is 4.50. The maximum Gasteiger partial charge on any atom is 0.227 e. The summed E-state index contributed by atoms with van der Waals surface area (Å²) in [5.74, 6) is 1.54. The lowest BCUT2D eigenvalue weighted by Gasteiger charge is -2.18. The minimum Gasteiger partial charge on any atom is -0.344 e. The monoisotopic (exact) mass is 321 g/mol. The number of hydrogen-bond donors (Lipinski definition) is 1. The summed E-state index contributed by atoms with van der Waals surface area (Å²) in [6.45, 7) is 5.13. The largest absolute Gasteiger partial charge is 0.344 e. The van der Waals surface area contributed by atoms with Crippen LogP contribution in [0.25, 0.3) is 10.9 Å². The van der Waals surface area contributed by atoms with E-state index in [1.54, 1.807) is 0 Å². The second kappa shape index (κ2) is 7.25. The van der Waals surface area contributed by atoms with Gasteiger partial charge in [-0.05, 0) is 25.5 Å². The molecule has 0 spiro atoms. The molecule has 0 saturated heterocycles. The summed E-state index contributed by atoms with van der Waals surface area (Å²) in [5.41, 5.74) is 2.84. The summed E-state index contributed by atoms with van der Waals surface area (Å²) >= 11 is 0. The summed E-state index contributed by atoms with van der Waals surface area (Å²) < 4.78 is 0.